The maximum Gasteiger partial charge on any atom is 0.254 e. The molecule has 2 saturated heterocycles. The zero-order valence-corrected chi connectivity index (χ0v) is 21.3. The summed E-state index contributed by atoms with van der Waals surface area (Å²) in [6, 6.07) is 11.9. The van der Waals surface area contributed by atoms with E-state index in [1.54, 1.807) is 6.20 Å². The molecular weight excluding hydrogens is 468 g/mol. The largest absolute Gasteiger partial charge is 0.378 e. The number of anilines is 3. The predicted octanol–water partition coefficient (Wildman–Crippen LogP) is 3.32. The number of morpholine rings is 2. The van der Waals surface area contributed by atoms with E-state index in [9.17, 15) is 4.79 Å². The summed E-state index contributed by atoms with van der Waals surface area (Å²) in [6.45, 7) is 8.82. The number of benzene rings is 1. The minimum atomic E-state index is 0.0237. The van der Waals surface area contributed by atoms with Gasteiger partial charge in [0.1, 0.15) is 5.82 Å². The zero-order chi connectivity index (χ0) is 25.4. The summed E-state index contributed by atoms with van der Waals surface area (Å²) in [5, 5.41) is 0. The lowest BCUT2D eigenvalue weighted by atomic mass is 10.0. The van der Waals surface area contributed by atoms with E-state index >= 15 is 0 Å². The van der Waals surface area contributed by atoms with E-state index in [2.05, 4.69) is 20.9 Å². The van der Waals surface area contributed by atoms with Gasteiger partial charge in [0, 0.05) is 55.6 Å². The summed E-state index contributed by atoms with van der Waals surface area (Å²) >= 11 is 0. The van der Waals surface area contributed by atoms with Crippen LogP contribution in [0.15, 0.2) is 48.8 Å². The van der Waals surface area contributed by atoms with Gasteiger partial charge in [-0.2, -0.15) is 4.98 Å². The molecule has 192 valence electrons. The molecule has 0 spiro atoms. The summed E-state index contributed by atoms with van der Waals surface area (Å²) in [4.78, 5) is 34.2. The topological polar surface area (TPSA) is 83.9 Å². The van der Waals surface area contributed by atoms with Crippen molar-refractivity contribution in [2.24, 2.45) is 0 Å². The minimum Gasteiger partial charge on any atom is -0.378 e. The molecule has 2 unspecified atom stereocenters. The normalized spacial score (nSPS) is 21.7. The smallest absolute Gasteiger partial charge is 0.254 e. The van der Waals surface area contributed by atoms with Crippen LogP contribution in [-0.4, -0.2) is 83.9 Å². The Morgan fingerprint density at radius 2 is 1.81 bits per heavy atom. The van der Waals surface area contributed by atoms with Crippen LogP contribution < -0.4 is 9.80 Å². The molecule has 0 bridgehead atoms. The third-order valence-electron chi connectivity index (χ3n) is 7.16. The van der Waals surface area contributed by atoms with Crippen molar-refractivity contribution in [3.05, 3.63) is 59.9 Å². The van der Waals surface area contributed by atoms with Crippen LogP contribution in [0.25, 0.3) is 11.3 Å². The summed E-state index contributed by atoms with van der Waals surface area (Å²) in [5.74, 6) is 1.63. The molecule has 0 N–H and O–H groups in total. The van der Waals surface area contributed by atoms with E-state index < -0.39 is 0 Å². The summed E-state index contributed by atoms with van der Waals surface area (Å²) in [5.41, 5.74) is 4.59. The fourth-order valence-corrected chi connectivity index (χ4v) is 5.48. The van der Waals surface area contributed by atoms with Crippen LogP contribution in [0.2, 0.25) is 0 Å². The number of carbonyl (C=O) groups excluding carboxylic acids is 1. The first-order valence-corrected chi connectivity index (χ1v) is 13.0. The fraction of sp³-hybridized carbons (Fsp3) is 0.429. The average molecular weight is 501 g/mol. The van der Waals surface area contributed by atoms with Crippen molar-refractivity contribution in [3.63, 3.8) is 0 Å². The van der Waals surface area contributed by atoms with Crippen LogP contribution >= 0.6 is 0 Å². The van der Waals surface area contributed by atoms with Gasteiger partial charge in [0.2, 0.25) is 5.95 Å². The molecule has 1 amide bonds. The monoisotopic (exact) mass is 500 g/mol. The van der Waals surface area contributed by atoms with Crippen molar-refractivity contribution in [2.45, 2.75) is 32.5 Å². The number of pyridine rings is 1. The standard InChI is InChI=1S/C28H32N6O3/c1-19-17-33(18-20(2)37-19)27(35)22-6-3-5-21(15-22)25-24-8-10-34(23-7-4-9-29-16-23)26(24)31-28(30-25)32-11-13-36-14-12-32/h3-7,9,15-16,19-20H,8,10-14,17-18H2,1-2H3. The van der Waals surface area contributed by atoms with Crippen LogP contribution in [0.3, 0.4) is 0 Å². The lowest BCUT2D eigenvalue weighted by Crippen LogP contribution is -2.48. The molecule has 2 atom stereocenters. The second kappa shape index (κ2) is 10.1. The second-order valence-electron chi connectivity index (χ2n) is 9.93. The molecule has 3 aromatic rings. The molecule has 9 heteroatoms. The number of fused-ring (bicyclic) bond motifs is 1. The van der Waals surface area contributed by atoms with Gasteiger partial charge in [0.05, 0.1) is 43.0 Å². The highest BCUT2D eigenvalue weighted by molar-refractivity contribution is 5.95. The summed E-state index contributed by atoms with van der Waals surface area (Å²) in [7, 11) is 0. The molecule has 1 aromatic carbocycles. The molecule has 9 nitrogen and oxygen atoms in total. The average Bonchev–Trinajstić information content (AvgIpc) is 3.37. The Morgan fingerprint density at radius 3 is 2.57 bits per heavy atom. The van der Waals surface area contributed by atoms with Crippen LogP contribution in [-0.2, 0) is 15.9 Å². The van der Waals surface area contributed by atoms with E-state index in [1.165, 1.54) is 0 Å². The molecule has 6 rings (SSSR count). The second-order valence-corrected chi connectivity index (χ2v) is 9.93. The van der Waals surface area contributed by atoms with E-state index in [1.807, 2.05) is 55.3 Å². The van der Waals surface area contributed by atoms with Crippen LogP contribution in [0.5, 0.6) is 0 Å². The number of nitrogens with zero attached hydrogens (tertiary/aromatic N) is 6. The van der Waals surface area contributed by atoms with E-state index in [0.29, 0.717) is 37.8 Å². The Balaban J connectivity index is 1.40. The van der Waals surface area contributed by atoms with Gasteiger partial charge < -0.3 is 24.2 Å². The van der Waals surface area contributed by atoms with Gasteiger partial charge in [-0.3, -0.25) is 9.78 Å². The van der Waals surface area contributed by atoms with Crippen molar-refractivity contribution in [1.82, 2.24) is 19.9 Å². The van der Waals surface area contributed by atoms with Crippen molar-refractivity contribution in [1.29, 1.82) is 0 Å². The number of hydrogen-bond donors (Lipinski definition) is 0. The molecule has 3 aliphatic heterocycles. The lowest BCUT2D eigenvalue weighted by Gasteiger charge is -2.35. The number of rotatable bonds is 4. The number of ether oxygens (including phenoxy) is 2. The van der Waals surface area contributed by atoms with Gasteiger partial charge in [0.15, 0.2) is 0 Å². The summed E-state index contributed by atoms with van der Waals surface area (Å²) < 4.78 is 11.4. The van der Waals surface area contributed by atoms with Gasteiger partial charge in [-0.05, 0) is 44.5 Å². The SMILES string of the molecule is CC1CN(C(=O)c2cccc(-c3nc(N4CCOCC4)nc4c3CCN4c3cccnc3)c2)CC(C)O1. The molecule has 0 radical (unpaired) electrons. The van der Waals surface area contributed by atoms with Crippen molar-refractivity contribution < 1.29 is 14.3 Å². The number of carbonyl (C=O) groups is 1. The highest BCUT2D eigenvalue weighted by Gasteiger charge is 2.30. The number of aromatic nitrogens is 3. The van der Waals surface area contributed by atoms with Crippen LogP contribution in [0.4, 0.5) is 17.5 Å². The maximum atomic E-state index is 13.5. The van der Waals surface area contributed by atoms with Gasteiger partial charge in [0.25, 0.3) is 5.91 Å². The Kier molecular flexibility index (Phi) is 6.48. The van der Waals surface area contributed by atoms with Crippen molar-refractivity contribution in [2.75, 3.05) is 55.7 Å². The van der Waals surface area contributed by atoms with E-state index in [4.69, 9.17) is 19.4 Å². The highest BCUT2D eigenvalue weighted by Crippen LogP contribution is 2.39. The number of hydrogen-bond acceptors (Lipinski definition) is 8. The highest BCUT2D eigenvalue weighted by atomic mass is 16.5. The molecular formula is C28H32N6O3. The Labute approximate surface area is 217 Å². The first-order valence-electron chi connectivity index (χ1n) is 13.0. The van der Waals surface area contributed by atoms with Gasteiger partial charge in [-0.25, -0.2) is 4.98 Å². The minimum absolute atomic E-state index is 0.0237. The predicted molar refractivity (Wildman–Crippen MR) is 141 cm³/mol. The van der Waals surface area contributed by atoms with Gasteiger partial charge in [-0.15, -0.1) is 0 Å². The third-order valence-corrected chi connectivity index (χ3v) is 7.16. The molecule has 37 heavy (non-hydrogen) atoms. The Hall–Kier alpha value is -3.56. The molecule has 0 aliphatic carbocycles. The van der Waals surface area contributed by atoms with Gasteiger partial charge in [-0.1, -0.05) is 12.1 Å². The first-order chi connectivity index (χ1) is 18.1. The van der Waals surface area contributed by atoms with Gasteiger partial charge >= 0.3 is 0 Å². The third kappa shape index (κ3) is 4.76. The van der Waals surface area contributed by atoms with Crippen molar-refractivity contribution >= 4 is 23.4 Å². The van der Waals surface area contributed by atoms with E-state index in [0.717, 1.165) is 54.4 Å². The zero-order valence-electron chi connectivity index (χ0n) is 21.3. The van der Waals surface area contributed by atoms with Crippen LogP contribution in [0.1, 0.15) is 29.8 Å². The Bertz CT molecular complexity index is 1270. The fourth-order valence-electron chi connectivity index (χ4n) is 5.48. The molecule has 2 aromatic heterocycles. The maximum absolute atomic E-state index is 13.5. The molecule has 2 fully saturated rings. The summed E-state index contributed by atoms with van der Waals surface area (Å²) in [6.07, 6.45) is 4.52. The van der Waals surface area contributed by atoms with E-state index in [-0.39, 0.29) is 18.1 Å². The quantitative estimate of drug-likeness (QED) is 0.540. The molecule has 0 saturated carbocycles. The number of amides is 1. The van der Waals surface area contributed by atoms with Crippen LogP contribution in [0, 0.1) is 0 Å². The van der Waals surface area contributed by atoms with Crippen molar-refractivity contribution in [3.8, 4) is 11.3 Å². The molecule has 5 heterocycles. The Morgan fingerprint density at radius 1 is 1.00 bits per heavy atom. The molecule has 3 aliphatic rings. The first kappa shape index (κ1) is 23.8. The lowest BCUT2D eigenvalue weighted by molar-refractivity contribution is -0.0586.